The predicted octanol–water partition coefficient (Wildman–Crippen LogP) is 1.43. The monoisotopic (exact) mass is 466 g/mol. The first-order chi connectivity index (χ1) is 13.8. The molecule has 1 rings (SSSR count). The summed E-state index contributed by atoms with van der Waals surface area (Å²) < 4.78 is 43.4. The Balaban J connectivity index is 0.00000841. The van der Waals surface area contributed by atoms with Crippen LogP contribution in [0.2, 0.25) is 0 Å². The molecule has 0 aliphatic rings. The van der Waals surface area contributed by atoms with Gasteiger partial charge >= 0.3 is 63.3 Å². The van der Waals surface area contributed by atoms with Gasteiger partial charge in [0, 0.05) is 0 Å². The van der Waals surface area contributed by atoms with E-state index in [1.165, 1.54) is 57.2 Å². The summed E-state index contributed by atoms with van der Waals surface area (Å²) >= 11 is 0. The maximum atomic E-state index is 12.3. The summed E-state index contributed by atoms with van der Waals surface area (Å²) in [6.07, 6.45) is 8.74. The topological polar surface area (TPSA) is 110 Å². The molecule has 1 unspecified atom stereocenters. The van der Waals surface area contributed by atoms with Crippen LogP contribution in [0, 0.1) is 0 Å². The molecule has 0 aliphatic carbocycles. The molecule has 0 heterocycles. The number of carbonyl (C=O) groups is 2. The Morgan fingerprint density at radius 2 is 1.40 bits per heavy atom. The maximum absolute atomic E-state index is 12.3. The fraction of sp³-hybridized carbons (Fsp3) is 0.619. The van der Waals surface area contributed by atoms with Gasteiger partial charge in [0.15, 0.2) is 5.44 Å². The molecule has 0 spiro atoms. The zero-order valence-corrected chi connectivity index (χ0v) is 22.2. The van der Waals surface area contributed by atoms with Crippen LogP contribution in [0.25, 0.3) is 0 Å². The molecule has 1 aromatic carbocycles. The molecule has 0 saturated carbocycles. The number of ether oxygens (including phenoxy) is 2. The first-order valence-corrected chi connectivity index (χ1v) is 11.7. The Morgan fingerprint density at radius 3 is 1.90 bits per heavy atom. The molecule has 0 bridgehead atoms. The van der Waals surface area contributed by atoms with E-state index in [4.69, 9.17) is 9.47 Å². The molecule has 0 fully saturated rings. The minimum absolute atomic E-state index is 0. The third kappa shape index (κ3) is 11.4. The summed E-state index contributed by atoms with van der Waals surface area (Å²) in [6.45, 7) is 3.83. The van der Waals surface area contributed by atoms with Gasteiger partial charge in [-0.05, 0) is 25.0 Å². The minimum atomic E-state index is -4.79. The van der Waals surface area contributed by atoms with Gasteiger partial charge in [-0.1, -0.05) is 70.9 Å². The van der Waals surface area contributed by atoms with E-state index in [-0.39, 0.29) is 75.5 Å². The van der Waals surface area contributed by atoms with Crippen LogP contribution in [0.3, 0.4) is 0 Å². The van der Waals surface area contributed by atoms with E-state index in [1.807, 2.05) is 0 Å². The molecular formula is C21H31KO7S. The van der Waals surface area contributed by atoms with Crippen LogP contribution < -0.4 is 51.4 Å². The van der Waals surface area contributed by atoms with Gasteiger partial charge in [0.05, 0.1) is 17.7 Å². The SMILES string of the molecule is CCCCCCCCCCOC(=O)c1ccccc1C(=O)OC(CC)S(=O)(=O)[O-].[K+]. The third-order valence-electron chi connectivity index (χ3n) is 4.49. The first kappa shape index (κ1) is 29.7. The second-order valence-electron chi connectivity index (χ2n) is 6.89. The van der Waals surface area contributed by atoms with Crippen molar-refractivity contribution in [2.45, 2.75) is 77.1 Å². The fourth-order valence-corrected chi connectivity index (χ4v) is 3.46. The molecular weight excluding hydrogens is 435 g/mol. The molecule has 1 aromatic rings. The van der Waals surface area contributed by atoms with Crippen LogP contribution in [0.5, 0.6) is 0 Å². The minimum Gasteiger partial charge on any atom is -0.745 e. The Morgan fingerprint density at radius 1 is 0.900 bits per heavy atom. The van der Waals surface area contributed by atoms with E-state index in [0.29, 0.717) is 0 Å². The number of hydrogen-bond acceptors (Lipinski definition) is 7. The zero-order valence-electron chi connectivity index (χ0n) is 18.2. The van der Waals surface area contributed by atoms with Crippen LogP contribution >= 0.6 is 0 Å². The summed E-state index contributed by atoms with van der Waals surface area (Å²) in [4.78, 5) is 24.6. The molecule has 9 heteroatoms. The van der Waals surface area contributed by atoms with Crippen LogP contribution in [0.4, 0.5) is 0 Å². The van der Waals surface area contributed by atoms with Gasteiger partial charge in [0.25, 0.3) is 0 Å². The molecule has 1 atom stereocenters. The summed E-state index contributed by atoms with van der Waals surface area (Å²) in [5.41, 5.74) is -1.94. The number of carbonyl (C=O) groups excluding carboxylic acids is 2. The zero-order chi connectivity index (χ0) is 21.7. The number of esters is 2. The van der Waals surface area contributed by atoms with Crippen molar-refractivity contribution in [3.05, 3.63) is 35.4 Å². The summed E-state index contributed by atoms with van der Waals surface area (Å²) in [6, 6.07) is 5.81. The van der Waals surface area contributed by atoms with Crippen molar-refractivity contribution in [2.24, 2.45) is 0 Å². The largest absolute Gasteiger partial charge is 1.00 e. The van der Waals surface area contributed by atoms with Crippen molar-refractivity contribution in [2.75, 3.05) is 6.61 Å². The van der Waals surface area contributed by atoms with Crippen molar-refractivity contribution in [3.8, 4) is 0 Å². The molecule has 7 nitrogen and oxygen atoms in total. The standard InChI is InChI=1S/C21H32O7S.K/c1-3-5-6-7-8-9-10-13-16-27-20(22)17-14-11-12-15-18(17)21(23)28-19(4-2)29(24,25)26;/h11-12,14-15,19H,3-10,13,16H2,1-2H3,(H,24,25,26);/q;+1/p-1. The summed E-state index contributed by atoms with van der Waals surface area (Å²) in [5, 5.41) is 0. The fourth-order valence-electron chi connectivity index (χ4n) is 2.85. The van der Waals surface area contributed by atoms with Gasteiger partial charge in [0.2, 0.25) is 0 Å². The first-order valence-electron chi connectivity index (χ1n) is 10.2. The Hall–Kier alpha value is -0.294. The molecule has 0 N–H and O–H groups in total. The van der Waals surface area contributed by atoms with E-state index in [2.05, 4.69) is 6.92 Å². The number of hydrogen-bond donors (Lipinski definition) is 0. The molecule has 0 saturated heterocycles. The second kappa shape index (κ2) is 16.4. The van der Waals surface area contributed by atoms with E-state index >= 15 is 0 Å². The van der Waals surface area contributed by atoms with E-state index in [1.54, 1.807) is 6.07 Å². The smallest absolute Gasteiger partial charge is 0.745 e. The van der Waals surface area contributed by atoms with Gasteiger partial charge in [0.1, 0.15) is 10.1 Å². The van der Waals surface area contributed by atoms with Crippen molar-refractivity contribution >= 4 is 22.1 Å². The molecule has 0 amide bonds. The van der Waals surface area contributed by atoms with Crippen LogP contribution in [-0.4, -0.2) is 37.0 Å². The van der Waals surface area contributed by atoms with Gasteiger partial charge < -0.3 is 14.0 Å². The van der Waals surface area contributed by atoms with Crippen molar-refractivity contribution in [1.82, 2.24) is 0 Å². The second-order valence-corrected chi connectivity index (χ2v) is 8.40. The van der Waals surface area contributed by atoms with Crippen molar-refractivity contribution < 1.29 is 83.4 Å². The average Bonchev–Trinajstić information content (AvgIpc) is 2.69. The predicted molar refractivity (Wildman–Crippen MR) is 109 cm³/mol. The van der Waals surface area contributed by atoms with E-state index < -0.39 is 27.5 Å². The normalized spacial score (nSPS) is 12.0. The number of unbranched alkanes of at least 4 members (excludes halogenated alkanes) is 7. The number of benzene rings is 1. The van der Waals surface area contributed by atoms with Crippen LogP contribution in [0.15, 0.2) is 24.3 Å². The third-order valence-corrected chi connectivity index (χ3v) is 5.57. The van der Waals surface area contributed by atoms with E-state index in [0.717, 1.165) is 19.3 Å². The van der Waals surface area contributed by atoms with Gasteiger partial charge in [-0.15, -0.1) is 0 Å². The van der Waals surface area contributed by atoms with Crippen molar-refractivity contribution in [1.29, 1.82) is 0 Å². The Labute approximate surface area is 222 Å². The Kier molecular flexibility index (Phi) is 16.2. The van der Waals surface area contributed by atoms with Crippen LogP contribution in [-0.2, 0) is 19.6 Å². The van der Waals surface area contributed by atoms with Crippen molar-refractivity contribution in [3.63, 3.8) is 0 Å². The summed E-state index contributed by atoms with van der Waals surface area (Å²) in [7, 11) is -4.79. The molecule has 30 heavy (non-hydrogen) atoms. The maximum Gasteiger partial charge on any atom is 1.00 e. The Bertz CT molecular complexity index is 749. The molecule has 0 aromatic heterocycles. The molecule has 164 valence electrons. The quantitative estimate of drug-likeness (QED) is 0.176. The number of rotatable bonds is 14. The van der Waals surface area contributed by atoms with Crippen LogP contribution in [0.1, 0.15) is 92.4 Å². The average molecular weight is 467 g/mol. The van der Waals surface area contributed by atoms with Gasteiger partial charge in [-0.2, -0.15) is 0 Å². The van der Waals surface area contributed by atoms with E-state index in [9.17, 15) is 22.6 Å². The van der Waals surface area contributed by atoms with Gasteiger partial charge in [-0.25, -0.2) is 18.0 Å². The summed E-state index contributed by atoms with van der Waals surface area (Å²) in [5.74, 6) is -1.73. The molecule has 0 radical (unpaired) electrons. The van der Waals surface area contributed by atoms with Gasteiger partial charge in [-0.3, -0.25) is 0 Å². The molecule has 0 aliphatic heterocycles.